The molecular weight excluding hydrogens is 222 g/mol. The standard InChI is InChI=1S/C13H12ClNO/c14-12-5-1-3-10(7-12)8-13(16)11-4-2-6-15-9-11/h1-7,9,13,16H,8H2. The normalized spacial score (nSPS) is 12.4. The van der Waals surface area contributed by atoms with Crippen LogP contribution in [-0.2, 0) is 6.42 Å². The Hall–Kier alpha value is -1.38. The third kappa shape index (κ3) is 2.81. The molecule has 1 heterocycles. The highest BCUT2D eigenvalue weighted by atomic mass is 35.5. The van der Waals surface area contributed by atoms with Gasteiger partial charge in [-0.1, -0.05) is 29.8 Å². The maximum atomic E-state index is 9.98. The molecule has 0 aliphatic rings. The Balaban J connectivity index is 2.11. The molecule has 1 atom stereocenters. The predicted octanol–water partition coefficient (Wildman–Crippen LogP) is 3.01. The lowest BCUT2D eigenvalue weighted by atomic mass is 10.0. The van der Waals surface area contributed by atoms with Gasteiger partial charge in [-0.15, -0.1) is 0 Å². The van der Waals surface area contributed by atoms with Gasteiger partial charge in [0.05, 0.1) is 6.10 Å². The van der Waals surface area contributed by atoms with Crippen molar-refractivity contribution >= 4 is 11.6 Å². The molecule has 1 unspecified atom stereocenters. The predicted molar refractivity (Wildman–Crippen MR) is 64.4 cm³/mol. The SMILES string of the molecule is OC(Cc1cccc(Cl)c1)c1cccnc1. The van der Waals surface area contributed by atoms with Crippen LogP contribution in [0.15, 0.2) is 48.8 Å². The van der Waals surface area contributed by atoms with Crippen LogP contribution in [0.5, 0.6) is 0 Å². The summed E-state index contributed by atoms with van der Waals surface area (Å²) in [5.74, 6) is 0. The molecule has 0 spiro atoms. The number of aromatic nitrogens is 1. The molecular formula is C13H12ClNO. The van der Waals surface area contributed by atoms with E-state index in [4.69, 9.17) is 11.6 Å². The minimum atomic E-state index is -0.535. The number of aliphatic hydroxyl groups is 1. The van der Waals surface area contributed by atoms with E-state index in [1.54, 1.807) is 12.4 Å². The van der Waals surface area contributed by atoms with Gasteiger partial charge in [0.1, 0.15) is 0 Å². The number of hydrogen-bond donors (Lipinski definition) is 1. The van der Waals surface area contributed by atoms with E-state index in [9.17, 15) is 5.11 Å². The van der Waals surface area contributed by atoms with Gasteiger partial charge in [0, 0.05) is 23.8 Å². The van der Waals surface area contributed by atoms with E-state index in [-0.39, 0.29) is 0 Å². The minimum Gasteiger partial charge on any atom is -0.388 e. The summed E-state index contributed by atoms with van der Waals surface area (Å²) in [5.41, 5.74) is 1.84. The highest BCUT2D eigenvalue weighted by Crippen LogP contribution is 2.19. The minimum absolute atomic E-state index is 0.535. The number of hydrogen-bond acceptors (Lipinski definition) is 2. The second-order valence-electron chi connectivity index (χ2n) is 3.64. The molecule has 1 aromatic heterocycles. The first-order valence-electron chi connectivity index (χ1n) is 5.08. The number of halogens is 1. The maximum absolute atomic E-state index is 9.98. The summed E-state index contributed by atoms with van der Waals surface area (Å²) in [6, 6.07) is 11.2. The fraction of sp³-hybridized carbons (Fsp3) is 0.154. The molecule has 1 aromatic carbocycles. The molecule has 0 aliphatic heterocycles. The number of benzene rings is 1. The Bertz CT molecular complexity index is 458. The maximum Gasteiger partial charge on any atom is 0.0845 e. The summed E-state index contributed by atoms with van der Waals surface area (Å²) in [7, 11) is 0. The average Bonchev–Trinajstić information content (AvgIpc) is 2.30. The van der Waals surface area contributed by atoms with Crippen molar-refractivity contribution in [2.24, 2.45) is 0 Å². The summed E-state index contributed by atoms with van der Waals surface area (Å²) in [6.07, 6.45) is 3.38. The van der Waals surface area contributed by atoms with Crippen molar-refractivity contribution in [2.45, 2.75) is 12.5 Å². The number of rotatable bonds is 3. The second kappa shape index (κ2) is 5.10. The molecule has 0 aliphatic carbocycles. The number of aliphatic hydroxyl groups excluding tert-OH is 1. The van der Waals surface area contributed by atoms with Gasteiger partial charge < -0.3 is 5.11 Å². The molecule has 0 saturated heterocycles. The smallest absolute Gasteiger partial charge is 0.0845 e. The van der Waals surface area contributed by atoms with Crippen LogP contribution in [0.4, 0.5) is 0 Å². The molecule has 2 rings (SSSR count). The van der Waals surface area contributed by atoms with E-state index in [1.807, 2.05) is 36.4 Å². The van der Waals surface area contributed by atoms with Gasteiger partial charge in [-0.05, 0) is 29.3 Å². The lowest BCUT2D eigenvalue weighted by molar-refractivity contribution is 0.178. The molecule has 0 amide bonds. The van der Waals surface area contributed by atoms with Crippen LogP contribution >= 0.6 is 11.6 Å². The van der Waals surface area contributed by atoms with Gasteiger partial charge in [-0.25, -0.2) is 0 Å². The molecule has 2 aromatic rings. The molecule has 0 fully saturated rings. The molecule has 16 heavy (non-hydrogen) atoms. The van der Waals surface area contributed by atoms with E-state index < -0.39 is 6.10 Å². The molecule has 1 N–H and O–H groups in total. The Morgan fingerprint density at radius 2 is 2.12 bits per heavy atom. The summed E-state index contributed by atoms with van der Waals surface area (Å²) < 4.78 is 0. The van der Waals surface area contributed by atoms with Crippen molar-refractivity contribution in [3.63, 3.8) is 0 Å². The van der Waals surface area contributed by atoms with E-state index in [0.717, 1.165) is 11.1 Å². The van der Waals surface area contributed by atoms with Crippen molar-refractivity contribution in [2.75, 3.05) is 0 Å². The Labute approximate surface area is 99.5 Å². The Morgan fingerprint density at radius 1 is 1.25 bits per heavy atom. The number of nitrogens with zero attached hydrogens (tertiary/aromatic N) is 1. The fourth-order valence-corrected chi connectivity index (χ4v) is 1.79. The quantitative estimate of drug-likeness (QED) is 0.884. The van der Waals surface area contributed by atoms with Gasteiger partial charge >= 0.3 is 0 Å². The molecule has 82 valence electrons. The zero-order valence-corrected chi connectivity index (χ0v) is 9.43. The van der Waals surface area contributed by atoms with Gasteiger partial charge in [0.25, 0.3) is 0 Å². The molecule has 2 nitrogen and oxygen atoms in total. The van der Waals surface area contributed by atoms with Crippen molar-refractivity contribution < 1.29 is 5.11 Å². The lowest BCUT2D eigenvalue weighted by Gasteiger charge is -2.10. The highest BCUT2D eigenvalue weighted by molar-refractivity contribution is 6.30. The van der Waals surface area contributed by atoms with Crippen LogP contribution in [0, 0.1) is 0 Å². The van der Waals surface area contributed by atoms with Crippen molar-refractivity contribution in [3.05, 3.63) is 64.9 Å². The monoisotopic (exact) mass is 233 g/mol. The first-order valence-corrected chi connectivity index (χ1v) is 5.46. The van der Waals surface area contributed by atoms with E-state index >= 15 is 0 Å². The summed E-state index contributed by atoms with van der Waals surface area (Å²) in [6.45, 7) is 0. The molecule has 0 radical (unpaired) electrons. The first-order chi connectivity index (χ1) is 7.75. The average molecular weight is 234 g/mol. The fourth-order valence-electron chi connectivity index (χ4n) is 1.58. The van der Waals surface area contributed by atoms with E-state index in [1.165, 1.54) is 0 Å². The topological polar surface area (TPSA) is 33.1 Å². The van der Waals surface area contributed by atoms with Gasteiger partial charge in [0.15, 0.2) is 0 Å². The third-order valence-corrected chi connectivity index (χ3v) is 2.62. The van der Waals surface area contributed by atoms with E-state index in [0.29, 0.717) is 11.4 Å². The number of pyridine rings is 1. The van der Waals surface area contributed by atoms with Crippen LogP contribution in [0.1, 0.15) is 17.2 Å². The first kappa shape index (κ1) is 11.1. The van der Waals surface area contributed by atoms with Crippen LogP contribution in [0.3, 0.4) is 0 Å². The highest BCUT2D eigenvalue weighted by Gasteiger charge is 2.08. The largest absolute Gasteiger partial charge is 0.388 e. The van der Waals surface area contributed by atoms with Crippen LogP contribution in [-0.4, -0.2) is 10.1 Å². The second-order valence-corrected chi connectivity index (χ2v) is 4.07. The zero-order valence-electron chi connectivity index (χ0n) is 8.68. The van der Waals surface area contributed by atoms with Crippen LogP contribution in [0.25, 0.3) is 0 Å². The molecule has 3 heteroatoms. The van der Waals surface area contributed by atoms with Crippen molar-refractivity contribution in [3.8, 4) is 0 Å². The van der Waals surface area contributed by atoms with Gasteiger partial charge in [0.2, 0.25) is 0 Å². The van der Waals surface area contributed by atoms with Crippen molar-refractivity contribution in [1.82, 2.24) is 4.98 Å². The van der Waals surface area contributed by atoms with Gasteiger partial charge in [-0.3, -0.25) is 4.98 Å². The third-order valence-electron chi connectivity index (χ3n) is 2.39. The summed E-state index contributed by atoms with van der Waals surface area (Å²) in [5, 5.41) is 10.7. The van der Waals surface area contributed by atoms with Crippen LogP contribution in [0.2, 0.25) is 5.02 Å². The van der Waals surface area contributed by atoms with Gasteiger partial charge in [-0.2, -0.15) is 0 Å². The van der Waals surface area contributed by atoms with E-state index in [2.05, 4.69) is 4.98 Å². The summed E-state index contributed by atoms with van der Waals surface area (Å²) >= 11 is 5.88. The Kier molecular flexibility index (Phi) is 3.54. The molecule has 0 bridgehead atoms. The molecule has 0 saturated carbocycles. The Morgan fingerprint density at radius 3 is 2.81 bits per heavy atom. The lowest BCUT2D eigenvalue weighted by Crippen LogP contribution is -2.01. The zero-order chi connectivity index (χ0) is 11.4. The van der Waals surface area contributed by atoms with Crippen LogP contribution < -0.4 is 0 Å². The summed E-state index contributed by atoms with van der Waals surface area (Å²) in [4.78, 5) is 3.98. The van der Waals surface area contributed by atoms with Crippen molar-refractivity contribution in [1.29, 1.82) is 0 Å².